The first-order valence-corrected chi connectivity index (χ1v) is 6.30. The van der Waals surface area contributed by atoms with E-state index in [0.717, 1.165) is 43.3 Å². The number of hydrogen-bond acceptors (Lipinski definition) is 4. The molecule has 1 aliphatic rings. The monoisotopic (exact) mass is 233 g/mol. The third kappa shape index (κ3) is 3.02. The van der Waals surface area contributed by atoms with Crippen LogP contribution < -0.4 is 4.90 Å². The van der Waals surface area contributed by atoms with E-state index >= 15 is 0 Å². The fourth-order valence-electron chi connectivity index (χ4n) is 2.14. The zero-order valence-electron chi connectivity index (χ0n) is 10.6. The van der Waals surface area contributed by atoms with Crippen molar-refractivity contribution in [2.45, 2.75) is 39.5 Å². The van der Waals surface area contributed by atoms with Gasteiger partial charge in [0.1, 0.15) is 17.4 Å². The van der Waals surface area contributed by atoms with Crippen molar-refractivity contribution in [2.75, 3.05) is 18.0 Å². The predicted molar refractivity (Wildman–Crippen MR) is 67.2 cm³/mol. The number of carbonyl (C=O) groups excluding carboxylic acids is 1. The van der Waals surface area contributed by atoms with Crippen LogP contribution in [-0.4, -0.2) is 28.8 Å². The van der Waals surface area contributed by atoms with E-state index in [0.29, 0.717) is 18.6 Å². The number of ketones is 1. The molecule has 0 aromatic carbocycles. The van der Waals surface area contributed by atoms with Crippen molar-refractivity contribution in [3.8, 4) is 0 Å². The summed E-state index contributed by atoms with van der Waals surface area (Å²) in [5, 5.41) is 0. The van der Waals surface area contributed by atoms with Gasteiger partial charge in [0.25, 0.3) is 0 Å². The quantitative estimate of drug-likeness (QED) is 0.800. The lowest BCUT2D eigenvalue weighted by Gasteiger charge is -2.27. The van der Waals surface area contributed by atoms with Gasteiger partial charge in [-0.05, 0) is 13.3 Å². The molecule has 0 aliphatic carbocycles. The fraction of sp³-hybridized carbons (Fsp3) is 0.615. The Labute approximate surface area is 102 Å². The second-order valence-corrected chi connectivity index (χ2v) is 4.54. The lowest BCUT2D eigenvalue weighted by atomic mass is 10.1. The highest BCUT2D eigenvalue weighted by molar-refractivity contribution is 5.80. The van der Waals surface area contributed by atoms with Gasteiger partial charge in [-0.15, -0.1) is 0 Å². The van der Waals surface area contributed by atoms with Crippen LogP contribution in [0.25, 0.3) is 0 Å². The second kappa shape index (κ2) is 5.25. The average Bonchev–Trinajstić information content (AvgIpc) is 2.29. The van der Waals surface area contributed by atoms with E-state index in [1.54, 1.807) is 0 Å². The van der Waals surface area contributed by atoms with Gasteiger partial charge in [0.15, 0.2) is 0 Å². The van der Waals surface area contributed by atoms with E-state index in [2.05, 4.69) is 27.9 Å². The molecule has 0 spiro atoms. The molecule has 0 amide bonds. The largest absolute Gasteiger partial charge is 0.356 e. The van der Waals surface area contributed by atoms with Gasteiger partial charge in [0.2, 0.25) is 0 Å². The highest BCUT2D eigenvalue weighted by atomic mass is 16.1. The molecular weight excluding hydrogens is 214 g/mol. The molecular formula is C13H19N3O. The van der Waals surface area contributed by atoms with Gasteiger partial charge < -0.3 is 4.90 Å². The lowest BCUT2D eigenvalue weighted by molar-refractivity contribution is -0.119. The number of Topliss-reactive ketones (excluding diaryl/α,β-unsaturated/α-hetero) is 1. The van der Waals surface area contributed by atoms with E-state index in [-0.39, 0.29) is 0 Å². The fourth-order valence-corrected chi connectivity index (χ4v) is 2.14. The molecule has 0 bridgehead atoms. The second-order valence-electron chi connectivity index (χ2n) is 4.54. The standard InChI is InChI=1S/C13H19N3O/c1-3-4-11-9-13(15-10(2)14-11)16-7-5-12(17)6-8-16/h9H,3-8H2,1-2H3. The Balaban J connectivity index is 2.16. The first-order valence-electron chi connectivity index (χ1n) is 6.30. The topological polar surface area (TPSA) is 46.1 Å². The molecule has 1 fully saturated rings. The van der Waals surface area contributed by atoms with Crippen molar-refractivity contribution < 1.29 is 4.79 Å². The van der Waals surface area contributed by atoms with Crippen LogP contribution >= 0.6 is 0 Å². The number of hydrogen-bond donors (Lipinski definition) is 0. The Morgan fingerprint density at radius 2 is 2.00 bits per heavy atom. The summed E-state index contributed by atoms with van der Waals surface area (Å²) in [4.78, 5) is 22.3. The number of aryl methyl sites for hydroxylation is 2. The highest BCUT2D eigenvalue weighted by Gasteiger charge is 2.18. The van der Waals surface area contributed by atoms with Crippen molar-refractivity contribution >= 4 is 11.6 Å². The van der Waals surface area contributed by atoms with Gasteiger partial charge in [0.05, 0.1) is 0 Å². The van der Waals surface area contributed by atoms with Gasteiger partial charge in [-0.3, -0.25) is 4.79 Å². The maximum atomic E-state index is 11.2. The number of nitrogens with zero attached hydrogens (tertiary/aromatic N) is 3. The molecule has 0 unspecified atom stereocenters. The average molecular weight is 233 g/mol. The summed E-state index contributed by atoms with van der Waals surface area (Å²) in [7, 11) is 0. The van der Waals surface area contributed by atoms with Crippen molar-refractivity contribution in [2.24, 2.45) is 0 Å². The molecule has 2 heterocycles. The number of rotatable bonds is 3. The SMILES string of the molecule is CCCc1cc(N2CCC(=O)CC2)nc(C)n1. The molecule has 0 atom stereocenters. The van der Waals surface area contributed by atoms with Gasteiger partial charge in [-0.25, -0.2) is 9.97 Å². The smallest absolute Gasteiger partial charge is 0.136 e. The summed E-state index contributed by atoms with van der Waals surface area (Å²) in [6.45, 7) is 5.66. The summed E-state index contributed by atoms with van der Waals surface area (Å²) in [6, 6.07) is 2.06. The summed E-state index contributed by atoms with van der Waals surface area (Å²) < 4.78 is 0. The Kier molecular flexibility index (Phi) is 3.71. The Morgan fingerprint density at radius 1 is 1.29 bits per heavy atom. The summed E-state index contributed by atoms with van der Waals surface area (Å²) in [5.74, 6) is 2.16. The summed E-state index contributed by atoms with van der Waals surface area (Å²) >= 11 is 0. The molecule has 4 heteroatoms. The number of aromatic nitrogens is 2. The van der Waals surface area contributed by atoms with Gasteiger partial charge in [0, 0.05) is 37.7 Å². The lowest BCUT2D eigenvalue weighted by Crippen LogP contribution is -2.34. The third-order valence-corrected chi connectivity index (χ3v) is 3.03. The van der Waals surface area contributed by atoms with Crippen LogP contribution in [-0.2, 0) is 11.2 Å². The van der Waals surface area contributed by atoms with Crippen molar-refractivity contribution in [3.63, 3.8) is 0 Å². The van der Waals surface area contributed by atoms with E-state index in [1.165, 1.54) is 0 Å². The minimum absolute atomic E-state index is 0.362. The van der Waals surface area contributed by atoms with Crippen LogP contribution in [0.3, 0.4) is 0 Å². The minimum atomic E-state index is 0.362. The summed E-state index contributed by atoms with van der Waals surface area (Å²) in [5.41, 5.74) is 1.10. The number of carbonyl (C=O) groups is 1. The van der Waals surface area contributed by atoms with Gasteiger partial charge >= 0.3 is 0 Å². The zero-order valence-corrected chi connectivity index (χ0v) is 10.6. The predicted octanol–water partition coefficient (Wildman–Crippen LogP) is 1.91. The molecule has 1 saturated heterocycles. The van der Waals surface area contributed by atoms with Crippen LogP contribution in [0.2, 0.25) is 0 Å². The molecule has 0 N–H and O–H groups in total. The van der Waals surface area contributed by atoms with Crippen molar-refractivity contribution in [1.82, 2.24) is 9.97 Å². The van der Waals surface area contributed by atoms with Crippen LogP contribution in [0, 0.1) is 6.92 Å². The Bertz CT molecular complexity index is 407. The Hall–Kier alpha value is -1.45. The maximum Gasteiger partial charge on any atom is 0.136 e. The molecule has 4 nitrogen and oxygen atoms in total. The molecule has 1 aromatic rings. The molecule has 1 aliphatic heterocycles. The van der Waals surface area contributed by atoms with E-state index in [1.807, 2.05) is 6.92 Å². The molecule has 0 radical (unpaired) electrons. The van der Waals surface area contributed by atoms with E-state index in [4.69, 9.17) is 0 Å². The van der Waals surface area contributed by atoms with Crippen molar-refractivity contribution in [1.29, 1.82) is 0 Å². The molecule has 17 heavy (non-hydrogen) atoms. The normalized spacial score (nSPS) is 16.4. The van der Waals surface area contributed by atoms with Crippen LogP contribution in [0.5, 0.6) is 0 Å². The highest BCUT2D eigenvalue weighted by Crippen LogP contribution is 2.17. The number of piperidine rings is 1. The van der Waals surface area contributed by atoms with Gasteiger partial charge in [-0.1, -0.05) is 13.3 Å². The first kappa shape index (κ1) is 12.0. The van der Waals surface area contributed by atoms with Crippen LogP contribution in [0.1, 0.15) is 37.7 Å². The molecule has 1 aromatic heterocycles. The maximum absolute atomic E-state index is 11.2. The van der Waals surface area contributed by atoms with E-state index < -0.39 is 0 Å². The van der Waals surface area contributed by atoms with Crippen LogP contribution in [0.4, 0.5) is 5.82 Å². The van der Waals surface area contributed by atoms with Crippen molar-refractivity contribution in [3.05, 3.63) is 17.6 Å². The molecule has 92 valence electrons. The van der Waals surface area contributed by atoms with E-state index in [9.17, 15) is 4.79 Å². The minimum Gasteiger partial charge on any atom is -0.356 e. The Morgan fingerprint density at radius 3 is 2.65 bits per heavy atom. The van der Waals surface area contributed by atoms with Crippen LogP contribution in [0.15, 0.2) is 6.07 Å². The third-order valence-electron chi connectivity index (χ3n) is 3.03. The molecule has 2 rings (SSSR count). The zero-order chi connectivity index (χ0) is 12.3. The van der Waals surface area contributed by atoms with Gasteiger partial charge in [-0.2, -0.15) is 0 Å². The number of anilines is 1. The molecule has 0 saturated carbocycles. The summed E-state index contributed by atoms with van der Waals surface area (Å²) in [6.07, 6.45) is 3.37. The first-order chi connectivity index (χ1) is 8.19.